The van der Waals surface area contributed by atoms with E-state index in [0.717, 1.165) is 4.88 Å². The van der Waals surface area contributed by atoms with Crippen LogP contribution in [-0.2, 0) is 4.79 Å². The number of carbonyl (C=O) groups excluding carboxylic acids is 1. The van der Waals surface area contributed by atoms with E-state index in [-0.39, 0.29) is 12.6 Å². The number of hydrogen-bond acceptors (Lipinski definition) is 3. The van der Waals surface area contributed by atoms with Crippen molar-refractivity contribution in [3.63, 3.8) is 0 Å². The molecule has 3 N–H and O–H groups in total. The molecule has 1 atom stereocenters. The maximum absolute atomic E-state index is 11.2. The SMILES string of the molecule is CC(NC(=O)NCC(=O)O)c1cccs1. The Morgan fingerprint density at radius 2 is 2.33 bits per heavy atom. The van der Waals surface area contributed by atoms with Crippen LogP contribution in [0.15, 0.2) is 17.5 Å². The minimum atomic E-state index is -1.06. The van der Waals surface area contributed by atoms with Gasteiger partial charge in [0, 0.05) is 4.88 Å². The Balaban J connectivity index is 2.35. The zero-order chi connectivity index (χ0) is 11.3. The Morgan fingerprint density at radius 1 is 1.60 bits per heavy atom. The van der Waals surface area contributed by atoms with Gasteiger partial charge in [0.05, 0.1) is 6.04 Å². The number of carbonyl (C=O) groups is 2. The highest BCUT2D eigenvalue weighted by atomic mass is 32.1. The number of hydrogen-bond donors (Lipinski definition) is 3. The first-order valence-electron chi connectivity index (χ1n) is 4.39. The molecular formula is C9H12N2O3S. The number of carboxylic acids is 1. The van der Waals surface area contributed by atoms with Gasteiger partial charge in [0.1, 0.15) is 6.54 Å². The molecule has 1 unspecified atom stereocenters. The molecule has 15 heavy (non-hydrogen) atoms. The highest BCUT2D eigenvalue weighted by molar-refractivity contribution is 7.10. The molecule has 1 aromatic heterocycles. The summed E-state index contributed by atoms with van der Waals surface area (Å²) < 4.78 is 0. The average molecular weight is 228 g/mol. The number of thiophene rings is 1. The highest BCUT2D eigenvalue weighted by Crippen LogP contribution is 2.17. The summed E-state index contributed by atoms with van der Waals surface area (Å²) in [5, 5.41) is 15.1. The molecule has 2 amide bonds. The number of carboxylic acid groups (broad SMARTS) is 1. The van der Waals surface area contributed by atoms with E-state index >= 15 is 0 Å². The van der Waals surface area contributed by atoms with Gasteiger partial charge in [-0.2, -0.15) is 0 Å². The number of amides is 2. The molecule has 0 fully saturated rings. The molecular weight excluding hydrogens is 216 g/mol. The second-order valence-corrected chi connectivity index (χ2v) is 3.94. The van der Waals surface area contributed by atoms with Crippen LogP contribution >= 0.6 is 11.3 Å². The lowest BCUT2D eigenvalue weighted by molar-refractivity contribution is -0.135. The fourth-order valence-corrected chi connectivity index (χ4v) is 1.75. The van der Waals surface area contributed by atoms with Gasteiger partial charge in [0.15, 0.2) is 0 Å². The van der Waals surface area contributed by atoms with Crippen molar-refractivity contribution < 1.29 is 14.7 Å². The van der Waals surface area contributed by atoms with Gasteiger partial charge in [0.2, 0.25) is 0 Å². The molecule has 0 saturated carbocycles. The van der Waals surface area contributed by atoms with E-state index in [4.69, 9.17) is 5.11 Å². The van der Waals surface area contributed by atoms with Crippen LogP contribution in [0.3, 0.4) is 0 Å². The monoisotopic (exact) mass is 228 g/mol. The van der Waals surface area contributed by atoms with Crippen molar-refractivity contribution in [2.45, 2.75) is 13.0 Å². The molecule has 0 aliphatic heterocycles. The number of nitrogens with one attached hydrogen (secondary N) is 2. The first-order chi connectivity index (χ1) is 7.09. The summed E-state index contributed by atoms with van der Waals surface area (Å²) in [7, 11) is 0. The molecule has 0 saturated heterocycles. The fourth-order valence-electron chi connectivity index (χ4n) is 1.01. The zero-order valence-electron chi connectivity index (χ0n) is 8.19. The van der Waals surface area contributed by atoms with Crippen molar-refractivity contribution in [2.75, 3.05) is 6.54 Å². The van der Waals surface area contributed by atoms with Gasteiger partial charge in [-0.15, -0.1) is 11.3 Å². The Hall–Kier alpha value is -1.56. The molecule has 1 aromatic rings. The first-order valence-corrected chi connectivity index (χ1v) is 5.27. The molecule has 0 spiro atoms. The second-order valence-electron chi connectivity index (χ2n) is 2.96. The van der Waals surface area contributed by atoms with Crippen LogP contribution < -0.4 is 10.6 Å². The minimum Gasteiger partial charge on any atom is -0.480 e. The topological polar surface area (TPSA) is 78.4 Å². The van der Waals surface area contributed by atoms with Crippen LogP contribution in [0.1, 0.15) is 17.8 Å². The highest BCUT2D eigenvalue weighted by Gasteiger charge is 2.10. The van der Waals surface area contributed by atoms with E-state index in [1.165, 1.54) is 11.3 Å². The minimum absolute atomic E-state index is 0.112. The Labute approximate surface area is 91.1 Å². The Kier molecular flexibility index (Phi) is 4.11. The normalized spacial score (nSPS) is 11.8. The fraction of sp³-hybridized carbons (Fsp3) is 0.333. The predicted molar refractivity (Wildman–Crippen MR) is 56.9 cm³/mol. The van der Waals surface area contributed by atoms with Crippen LogP contribution in [0.2, 0.25) is 0 Å². The third-order valence-corrected chi connectivity index (χ3v) is 2.77. The maximum Gasteiger partial charge on any atom is 0.323 e. The molecule has 0 aliphatic carbocycles. The summed E-state index contributed by atoms with van der Waals surface area (Å²) in [4.78, 5) is 22.4. The summed E-state index contributed by atoms with van der Waals surface area (Å²) >= 11 is 1.54. The third-order valence-electron chi connectivity index (χ3n) is 1.72. The lowest BCUT2D eigenvalue weighted by atomic mass is 10.3. The lowest BCUT2D eigenvalue weighted by Crippen LogP contribution is -2.39. The van der Waals surface area contributed by atoms with Crippen molar-refractivity contribution in [3.05, 3.63) is 22.4 Å². The summed E-state index contributed by atoms with van der Waals surface area (Å²) in [5.74, 6) is -1.06. The zero-order valence-corrected chi connectivity index (χ0v) is 9.00. The van der Waals surface area contributed by atoms with E-state index in [1.54, 1.807) is 0 Å². The number of rotatable bonds is 4. The molecule has 5 nitrogen and oxygen atoms in total. The van der Waals surface area contributed by atoms with Crippen molar-refractivity contribution >= 4 is 23.3 Å². The largest absolute Gasteiger partial charge is 0.480 e. The lowest BCUT2D eigenvalue weighted by Gasteiger charge is -2.12. The molecule has 0 radical (unpaired) electrons. The van der Waals surface area contributed by atoms with Crippen molar-refractivity contribution in [1.29, 1.82) is 0 Å². The van der Waals surface area contributed by atoms with Gasteiger partial charge in [-0.25, -0.2) is 4.79 Å². The van der Waals surface area contributed by atoms with Gasteiger partial charge in [-0.05, 0) is 18.4 Å². The van der Waals surface area contributed by atoms with E-state index in [0.29, 0.717) is 0 Å². The molecule has 0 aliphatic rings. The van der Waals surface area contributed by atoms with Crippen LogP contribution in [0, 0.1) is 0 Å². The summed E-state index contributed by atoms with van der Waals surface area (Å²) in [6.45, 7) is 1.47. The number of urea groups is 1. The third kappa shape index (κ3) is 3.99. The molecule has 6 heteroatoms. The van der Waals surface area contributed by atoms with Crippen LogP contribution in [-0.4, -0.2) is 23.7 Å². The van der Waals surface area contributed by atoms with Crippen molar-refractivity contribution in [2.24, 2.45) is 0 Å². The maximum atomic E-state index is 11.2. The smallest absolute Gasteiger partial charge is 0.323 e. The summed E-state index contributed by atoms with van der Waals surface area (Å²) in [6, 6.07) is 3.22. The molecule has 1 rings (SSSR count). The molecule has 0 aromatic carbocycles. The quantitative estimate of drug-likeness (QED) is 0.724. The van der Waals surface area contributed by atoms with Crippen LogP contribution in [0.25, 0.3) is 0 Å². The standard InChI is InChI=1S/C9H12N2O3S/c1-6(7-3-2-4-15-7)11-9(14)10-5-8(12)13/h2-4,6H,5H2,1H3,(H,12,13)(H2,10,11,14). The van der Waals surface area contributed by atoms with Crippen LogP contribution in [0.5, 0.6) is 0 Å². The Morgan fingerprint density at radius 3 is 2.87 bits per heavy atom. The summed E-state index contributed by atoms with van der Waals surface area (Å²) in [5.41, 5.74) is 0. The van der Waals surface area contributed by atoms with E-state index in [1.807, 2.05) is 24.4 Å². The first kappa shape index (κ1) is 11.5. The molecule has 0 bridgehead atoms. The van der Waals surface area contributed by atoms with Gasteiger partial charge < -0.3 is 15.7 Å². The van der Waals surface area contributed by atoms with Gasteiger partial charge in [-0.1, -0.05) is 6.07 Å². The number of aliphatic carboxylic acids is 1. The average Bonchev–Trinajstić information content (AvgIpc) is 2.67. The van der Waals surface area contributed by atoms with E-state index < -0.39 is 12.0 Å². The van der Waals surface area contributed by atoms with Crippen molar-refractivity contribution in [1.82, 2.24) is 10.6 Å². The van der Waals surface area contributed by atoms with Gasteiger partial charge in [-0.3, -0.25) is 4.79 Å². The Bertz CT molecular complexity index is 337. The summed E-state index contributed by atoms with van der Waals surface area (Å²) in [6.07, 6.45) is 0. The van der Waals surface area contributed by atoms with Gasteiger partial charge in [0.25, 0.3) is 0 Å². The predicted octanol–water partition coefficient (Wildman–Crippen LogP) is 1.19. The van der Waals surface area contributed by atoms with Crippen LogP contribution in [0.4, 0.5) is 4.79 Å². The molecule has 1 heterocycles. The van der Waals surface area contributed by atoms with E-state index in [2.05, 4.69) is 10.6 Å². The van der Waals surface area contributed by atoms with Gasteiger partial charge >= 0.3 is 12.0 Å². The molecule has 82 valence electrons. The van der Waals surface area contributed by atoms with Crippen molar-refractivity contribution in [3.8, 4) is 0 Å². The van der Waals surface area contributed by atoms with E-state index in [9.17, 15) is 9.59 Å². The second kappa shape index (κ2) is 5.35.